The van der Waals surface area contributed by atoms with Crippen LogP contribution in [0.2, 0.25) is 0 Å². The number of nitrogens with one attached hydrogen (secondary N) is 1. The van der Waals surface area contributed by atoms with Crippen molar-refractivity contribution in [1.29, 1.82) is 0 Å². The van der Waals surface area contributed by atoms with E-state index in [1.807, 2.05) is 12.2 Å². The van der Waals surface area contributed by atoms with E-state index in [0.717, 1.165) is 24.2 Å². The highest BCUT2D eigenvalue weighted by Gasteiger charge is 2.00. The van der Waals surface area contributed by atoms with E-state index in [1.54, 1.807) is 0 Å². The Morgan fingerprint density at radius 1 is 1.36 bits per heavy atom. The van der Waals surface area contributed by atoms with Crippen molar-refractivity contribution in [3.05, 3.63) is 43.0 Å². The predicted octanol–water partition coefficient (Wildman–Crippen LogP) is 1.67. The lowest BCUT2D eigenvalue weighted by atomic mass is 10.2. The molecule has 0 atom stereocenters. The topological polar surface area (TPSA) is 28.7 Å². The molecule has 2 nitrogen and oxygen atoms in total. The molecule has 1 aromatic heterocycles. The van der Waals surface area contributed by atoms with E-state index in [-0.39, 0.29) is 0 Å². The fourth-order valence-electron chi connectivity index (χ4n) is 0.921. The quantitative estimate of drug-likeness (QED) is 0.645. The summed E-state index contributed by atoms with van der Waals surface area (Å²) < 4.78 is 0. The number of nitrogens with zero attached hydrogens (tertiary/aromatic N) is 1. The van der Waals surface area contributed by atoms with Gasteiger partial charge in [0, 0.05) is 18.5 Å². The van der Waals surface area contributed by atoms with Crippen molar-refractivity contribution < 1.29 is 0 Å². The number of hydrogen-bond acceptors (Lipinski definition) is 1. The van der Waals surface area contributed by atoms with Crippen LogP contribution in [0, 0.1) is 6.33 Å². The van der Waals surface area contributed by atoms with Gasteiger partial charge in [-0.25, -0.2) is 4.98 Å². The third-order valence-electron chi connectivity index (χ3n) is 1.43. The maximum Gasteiger partial charge on any atom is 0.174 e. The van der Waals surface area contributed by atoms with Crippen molar-refractivity contribution in [2.24, 2.45) is 0 Å². The Balaban J connectivity index is 2.76. The Morgan fingerprint density at radius 2 is 2.09 bits per heavy atom. The fraction of sp³-hybridized carbons (Fsp3) is 0.222. The van der Waals surface area contributed by atoms with Crippen molar-refractivity contribution >= 4 is 0 Å². The molecule has 1 radical (unpaired) electrons. The minimum Gasteiger partial charge on any atom is -0.339 e. The number of aromatic nitrogens is 2. The van der Waals surface area contributed by atoms with Crippen LogP contribution in [0.15, 0.2) is 25.3 Å². The van der Waals surface area contributed by atoms with Gasteiger partial charge in [0.15, 0.2) is 6.33 Å². The van der Waals surface area contributed by atoms with Gasteiger partial charge in [-0.1, -0.05) is 12.2 Å². The molecule has 2 heteroatoms. The highest BCUT2D eigenvalue weighted by Crippen LogP contribution is 2.04. The van der Waals surface area contributed by atoms with E-state index >= 15 is 0 Å². The van der Waals surface area contributed by atoms with Crippen LogP contribution in [0.4, 0.5) is 0 Å². The summed E-state index contributed by atoms with van der Waals surface area (Å²) in [6.07, 6.45) is 7.98. The zero-order chi connectivity index (χ0) is 8.10. The van der Waals surface area contributed by atoms with Crippen LogP contribution >= 0.6 is 0 Å². The molecule has 0 aromatic carbocycles. The average molecular weight is 147 g/mol. The number of aromatic amines is 1. The van der Waals surface area contributed by atoms with Crippen molar-refractivity contribution in [1.82, 2.24) is 9.97 Å². The summed E-state index contributed by atoms with van der Waals surface area (Å²) in [5, 5.41) is 0. The molecular formula is C9H11N2. The SMILES string of the molecule is C=CCc1n[c][nH]c1CC=C. The van der Waals surface area contributed by atoms with Gasteiger partial charge in [0.1, 0.15) is 0 Å². The van der Waals surface area contributed by atoms with Crippen molar-refractivity contribution in [3.63, 3.8) is 0 Å². The van der Waals surface area contributed by atoms with Gasteiger partial charge in [-0.15, -0.1) is 13.2 Å². The van der Waals surface area contributed by atoms with Gasteiger partial charge >= 0.3 is 0 Å². The van der Waals surface area contributed by atoms with Gasteiger partial charge in [0.05, 0.1) is 5.69 Å². The normalized spacial score (nSPS) is 9.45. The maximum absolute atomic E-state index is 4.02. The number of H-pyrrole nitrogens is 1. The largest absolute Gasteiger partial charge is 0.339 e. The van der Waals surface area contributed by atoms with E-state index in [4.69, 9.17) is 0 Å². The minimum absolute atomic E-state index is 0.795. The molecule has 0 aliphatic rings. The van der Waals surface area contributed by atoms with E-state index in [0.29, 0.717) is 0 Å². The van der Waals surface area contributed by atoms with Crippen LogP contribution in [-0.4, -0.2) is 9.97 Å². The Bertz CT molecular complexity index is 223. The van der Waals surface area contributed by atoms with Crippen LogP contribution in [0.1, 0.15) is 11.4 Å². The summed E-state index contributed by atoms with van der Waals surface area (Å²) in [6.45, 7) is 7.29. The molecule has 0 fully saturated rings. The zero-order valence-electron chi connectivity index (χ0n) is 6.43. The minimum atomic E-state index is 0.795. The molecule has 1 heterocycles. The third-order valence-corrected chi connectivity index (χ3v) is 1.43. The molecule has 57 valence electrons. The highest BCUT2D eigenvalue weighted by molar-refractivity contribution is 5.15. The Labute approximate surface area is 66.7 Å². The van der Waals surface area contributed by atoms with Crippen LogP contribution in [0.3, 0.4) is 0 Å². The summed E-state index contributed by atoms with van der Waals surface area (Å²) in [5.41, 5.74) is 2.10. The van der Waals surface area contributed by atoms with E-state index < -0.39 is 0 Å². The van der Waals surface area contributed by atoms with Gasteiger partial charge in [-0.05, 0) is 0 Å². The lowest BCUT2D eigenvalue weighted by Crippen LogP contribution is -1.89. The predicted molar refractivity (Wildman–Crippen MR) is 45.2 cm³/mol. The van der Waals surface area contributed by atoms with Gasteiger partial charge in [-0.3, -0.25) is 0 Å². The number of allylic oxidation sites excluding steroid dienone is 2. The molecule has 0 aliphatic carbocycles. The summed E-state index contributed by atoms with van der Waals surface area (Å²) in [5.74, 6) is 0. The molecule has 0 amide bonds. The van der Waals surface area contributed by atoms with Crippen molar-refractivity contribution in [3.8, 4) is 0 Å². The second-order valence-electron chi connectivity index (χ2n) is 2.26. The van der Waals surface area contributed by atoms with Gasteiger partial charge in [-0.2, -0.15) is 0 Å². The summed E-state index contributed by atoms with van der Waals surface area (Å²) in [7, 11) is 0. The molecule has 0 saturated carbocycles. The molecule has 1 rings (SSSR count). The number of rotatable bonds is 4. The Morgan fingerprint density at radius 3 is 2.73 bits per heavy atom. The molecule has 0 unspecified atom stereocenters. The number of hydrogen-bond donors (Lipinski definition) is 1. The van der Waals surface area contributed by atoms with Gasteiger partial charge in [0.25, 0.3) is 0 Å². The maximum atomic E-state index is 4.02. The molecule has 1 aromatic rings. The fourth-order valence-corrected chi connectivity index (χ4v) is 0.921. The second-order valence-corrected chi connectivity index (χ2v) is 2.26. The number of imidazole rings is 1. The summed E-state index contributed by atoms with van der Waals surface area (Å²) in [6, 6.07) is 0. The van der Waals surface area contributed by atoms with Crippen molar-refractivity contribution in [2.45, 2.75) is 12.8 Å². The molecule has 0 saturated heterocycles. The standard InChI is InChI=1S/C9H11N2/c1-3-5-8-9(6-4-2)11-7-10-8/h3-4H,1-2,5-6H2,(H,10,11). The highest BCUT2D eigenvalue weighted by atomic mass is 14.9. The molecule has 0 bridgehead atoms. The van der Waals surface area contributed by atoms with Gasteiger partial charge < -0.3 is 4.98 Å². The van der Waals surface area contributed by atoms with E-state index in [1.165, 1.54) is 0 Å². The third kappa shape index (κ3) is 1.80. The molecular weight excluding hydrogens is 136 g/mol. The summed E-state index contributed by atoms with van der Waals surface area (Å²) in [4.78, 5) is 6.96. The molecule has 0 spiro atoms. The van der Waals surface area contributed by atoms with E-state index in [9.17, 15) is 0 Å². The first-order valence-electron chi connectivity index (χ1n) is 3.54. The summed E-state index contributed by atoms with van der Waals surface area (Å²) >= 11 is 0. The smallest absolute Gasteiger partial charge is 0.174 e. The second kappa shape index (κ2) is 3.76. The van der Waals surface area contributed by atoms with Crippen LogP contribution < -0.4 is 0 Å². The molecule has 11 heavy (non-hydrogen) atoms. The monoisotopic (exact) mass is 147 g/mol. The lowest BCUT2D eigenvalue weighted by Gasteiger charge is -1.93. The zero-order valence-corrected chi connectivity index (χ0v) is 6.43. The van der Waals surface area contributed by atoms with Crippen LogP contribution in [0.25, 0.3) is 0 Å². The first-order valence-corrected chi connectivity index (χ1v) is 3.54. The van der Waals surface area contributed by atoms with E-state index in [2.05, 4.69) is 29.5 Å². The van der Waals surface area contributed by atoms with Crippen LogP contribution in [-0.2, 0) is 12.8 Å². The lowest BCUT2D eigenvalue weighted by molar-refractivity contribution is 1.07. The van der Waals surface area contributed by atoms with Gasteiger partial charge in [0.2, 0.25) is 0 Å². The molecule has 1 N–H and O–H groups in total. The van der Waals surface area contributed by atoms with Crippen LogP contribution in [0.5, 0.6) is 0 Å². The molecule has 0 aliphatic heterocycles. The first-order chi connectivity index (χ1) is 5.38. The average Bonchev–Trinajstić information content (AvgIpc) is 2.39. The van der Waals surface area contributed by atoms with Crippen molar-refractivity contribution in [2.75, 3.05) is 0 Å². The Kier molecular flexibility index (Phi) is 2.66. The first kappa shape index (κ1) is 7.79. The Hall–Kier alpha value is -1.31.